The lowest BCUT2D eigenvalue weighted by Gasteiger charge is -2.41. The van der Waals surface area contributed by atoms with Crippen LogP contribution in [0.2, 0.25) is 0 Å². The van der Waals surface area contributed by atoms with E-state index in [1.165, 1.54) is 22.5 Å². The van der Waals surface area contributed by atoms with E-state index in [1.807, 2.05) is 13.0 Å². The first-order valence-electron chi connectivity index (χ1n) is 9.69. The number of likely N-dealkylation sites (tertiary alicyclic amines) is 1. The highest BCUT2D eigenvalue weighted by atomic mass is 32.1. The molecule has 0 amide bonds. The lowest BCUT2D eigenvalue weighted by Crippen LogP contribution is -2.46. The molecule has 1 atom stereocenters. The molecule has 28 heavy (non-hydrogen) atoms. The number of fused-ring (bicyclic) bond motifs is 1. The van der Waals surface area contributed by atoms with Crippen molar-refractivity contribution in [3.63, 3.8) is 0 Å². The maximum Gasteiger partial charge on any atom is 0.230 e. The van der Waals surface area contributed by atoms with Crippen molar-refractivity contribution in [1.29, 1.82) is 0 Å². The van der Waals surface area contributed by atoms with Crippen molar-refractivity contribution >= 4 is 16.3 Å². The van der Waals surface area contributed by atoms with Gasteiger partial charge >= 0.3 is 0 Å². The minimum atomic E-state index is -0.419. The van der Waals surface area contributed by atoms with Gasteiger partial charge in [-0.3, -0.25) is 4.90 Å². The highest BCUT2D eigenvalue weighted by Crippen LogP contribution is 2.43. The van der Waals surface area contributed by atoms with E-state index in [9.17, 15) is 5.11 Å². The average Bonchev–Trinajstić information content (AvgIpc) is 3.36. The molecule has 0 bridgehead atoms. The highest BCUT2D eigenvalue weighted by Gasteiger charge is 2.42. The van der Waals surface area contributed by atoms with Crippen LogP contribution in [0.5, 0.6) is 5.88 Å². The standard InChI is InChI=1S/C20H24N4O3S/c1-13-5-3-4-6-15(13)16(17-18(25)24-19(28-17)21-14(2)22-24)23-9-7-20(8-10-23)26-11-12-27-20/h3-6,16,25H,7-12H2,1-2H3/t16-/m1/s1. The Balaban J connectivity index is 1.55. The van der Waals surface area contributed by atoms with Gasteiger partial charge in [-0.15, -0.1) is 5.10 Å². The summed E-state index contributed by atoms with van der Waals surface area (Å²) in [6.45, 7) is 6.99. The Morgan fingerprint density at radius 3 is 2.54 bits per heavy atom. The van der Waals surface area contributed by atoms with Gasteiger partial charge in [0.05, 0.1) is 24.1 Å². The lowest BCUT2D eigenvalue weighted by atomic mass is 9.95. The van der Waals surface area contributed by atoms with Crippen molar-refractivity contribution in [3.05, 3.63) is 46.1 Å². The molecular weight excluding hydrogens is 376 g/mol. The fourth-order valence-electron chi connectivity index (χ4n) is 4.33. The summed E-state index contributed by atoms with van der Waals surface area (Å²) in [5.74, 6) is 0.427. The Morgan fingerprint density at radius 2 is 1.86 bits per heavy atom. The fourth-order valence-corrected chi connectivity index (χ4v) is 5.49. The van der Waals surface area contributed by atoms with Crippen LogP contribution < -0.4 is 0 Å². The van der Waals surface area contributed by atoms with E-state index >= 15 is 0 Å². The van der Waals surface area contributed by atoms with Gasteiger partial charge in [-0.05, 0) is 25.0 Å². The van der Waals surface area contributed by atoms with Gasteiger partial charge in [0.1, 0.15) is 5.82 Å². The van der Waals surface area contributed by atoms with Gasteiger partial charge in [0.25, 0.3) is 0 Å². The number of nitrogens with zero attached hydrogens (tertiary/aromatic N) is 4. The Hall–Kier alpha value is -2.00. The van der Waals surface area contributed by atoms with Crippen LogP contribution in [0.3, 0.4) is 0 Å². The first kappa shape index (κ1) is 18.1. The Kier molecular flexibility index (Phi) is 4.39. The largest absolute Gasteiger partial charge is 0.492 e. The van der Waals surface area contributed by atoms with Crippen molar-refractivity contribution in [2.75, 3.05) is 26.3 Å². The minimum Gasteiger partial charge on any atom is -0.492 e. The third-order valence-electron chi connectivity index (χ3n) is 5.78. The smallest absolute Gasteiger partial charge is 0.230 e. The number of aromatic nitrogens is 3. The normalized spacial score (nSPS) is 20.9. The van der Waals surface area contributed by atoms with E-state index in [4.69, 9.17) is 9.47 Å². The summed E-state index contributed by atoms with van der Waals surface area (Å²) in [6, 6.07) is 8.33. The third kappa shape index (κ3) is 2.91. The van der Waals surface area contributed by atoms with E-state index in [0.717, 1.165) is 35.8 Å². The Labute approximate surface area is 167 Å². The molecule has 0 radical (unpaired) electrons. The fraction of sp³-hybridized carbons (Fsp3) is 0.500. The average molecular weight is 401 g/mol. The summed E-state index contributed by atoms with van der Waals surface area (Å²) in [7, 11) is 0. The van der Waals surface area contributed by atoms with Crippen molar-refractivity contribution in [1.82, 2.24) is 19.5 Å². The minimum absolute atomic E-state index is 0.0474. The molecule has 1 N–H and O–H groups in total. The summed E-state index contributed by atoms with van der Waals surface area (Å²) < 4.78 is 13.3. The van der Waals surface area contributed by atoms with Crippen molar-refractivity contribution < 1.29 is 14.6 Å². The number of thiazole rings is 1. The molecule has 2 aliphatic heterocycles. The summed E-state index contributed by atoms with van der Waals surface area (Å²) in [6.07, 6.45) is 1.66. The van der Waals surface area contributed by atoms with Crippen molar-refractivity contribution in [3.8, 4) is 5.88 Å². The molecule has 7 nitrogen and oxygen atoms in total. The molecule has 4 heterocycles. The van der Waals surface area contributed by atoms with Crippen LogP contribution in [0, 0.1) is 13.8 Å². The third-order valence-corrected chi connectivity index (χ3v) is 6.85. The molecule has 1 spiro atoms. The van der Waals surface area contributed by atoms with Crippen LogP contribution in [-0.2, 0) is 9.47 Å². The molecular formula is C20H24N4O3S. The van der Waals surface area contributed by atoms with Crippen molar-refractivity contribution in [2.45, 2.75) is 38.5 Å². The van der Waals surface area contributed by atoms with Crippen LogP contribution in [0.15, 0.2) is 24.3 Å². The van der Waals surface area contributed by atoms with E-state index in [-0.39, 0.29) is 11.9 Å². The predicted octanol–water partition coefficient (Wildman–Crippen LogP) is 3.04. The molecule has 3 aromatic rings. The topological polar surface area (TPSA) is 72.1 Å². The molecule has 2 aliphatic rings. The maximum atomic E-state index is 11.0. The highest BCUT2D eigenvalue weighted by molar-refractivity contribution is 7.17. The number of piperidine rings is 1. The zero-order valence-corrected chi connectivity index (χ0v) is 16.9. The van der Waals surface area contributed by atoms with E-state index in [2.05, 4.69) is 40.1 Å². The quantitative estimate of drug-likeness (QED) is 0.729. The molecule has 148 valence electrons. The summed E-state index contributed by atoms with van der Waals surface area (Å²) in [4.78, 5) is 8.47. The summed E-state index contributed by atoms with van der Waals surface area (Å²) in [5.41, 5.74) is 2.40. The zero-order chi connectivity index (χ0) is 19.3. The van der Waals surface area contributed by atoms with Gasteiger partial charge in [0.15, 0.2) is 5.79 Å². The number of aryl methyl sites for hydroxylation is 2. The number of ether oxygens (including phenoxy) is 2. The van der Waals surface area contributed by atoms with Gasteiger partial charge in [-0.2, -0.15) is 4.52 Å². The second-order valence-corrected chi connectivity index (χ2v) is 8.56. The Morgan fingerprint density at radius 1 is 1.14 bits per heavy atom. The molecule has 2 saturated heterocycles. The molecule has 0 unspecified atom stereocenters. The number of aromatic hydroxyl groups is 1. The predicted molar refractivity (Wildman–Crippen MR) is 106 cm³/mol. The molecule has 1 aromatic carbocycles. The van der Waals surface area contributed by atoms with Gasteiger partial charge in [-0.25, -0.2) is 4.98 Å². The van der Waals surface area contributed by atoms with Gasteiger partial charge in [0, 0.05) is 25.9 Å². The van der Waals surface area contributed by atoms with Crippen LogP contribution >= 0.6 is 11.3 Å². The summed E-state index contributed by atoms with van der Waals surface area (Å²) in [5, 5.41) is 15.3. The number of hydrogen-bond acceptors (Lipinski definition) is 7. The lowest BCUT2D eigenvalue weighted by molar-refractivity contribution is -0.187. The maximum absolute atomic E-state index is 11.0. The Bertz CT molecular complexity index is 998. The van der Waals surface area contributed by atoms with E-state index in [0.29, 0.717) is 19.0 Å². The second kappa shape index (κ2) is 6.81. The monoisotopic (exact) mass is 400 g/mol. The van der Waals surface area contributed by atoms with Gasteiger partial charge in [0.2, 0.25) is 10.8 Å². The molecule has 0 saturated carbocycles. The van der Waals surface area contributed by atoms with E-state index < -0.39 is 5.79 Å². The molecule has 2 fully saturated rings. The molecule has 8 heteroatoms. The number of hydrogen-bond donors (Lipinski definition) is 1. The molecule has 0 aliphatic carbocycles. The van der Waals surface area contributed by atoms with E-state index in [1.54, 1.807) is 4.52 Å². The molecule has 5 rings (SSSR count). The van der Waals surface area contributed by atoms with Crippen LogP contribution in [0.1, 0.15) is 40.7 Å². The van der Waals surface area contributed by atoms with Crippen molar-refractivity contribution in [2.24, 2.45) is 0 Å². The van der Waals surface area contributed by atoms with Crippen LogP contribution in [-0.4, -0.2) is 56.7 Å². The number of benzene rings is 1. The first-order valence-corrected chi connectivity index (χ1v) is 10.5. The SMILES string of the molecule is Cc1nc2sc([C@@H](c3ccccc3C)N3CCC4(CC3)OCCO4)c(O)n2n1. The van der Waals surface area contributed by atoms with Gasteiger partial charge in [-0.1, -0.05) is 35.6 Å². The second-order valence-electron chi connectivity index (χ2n) is 7.55. The van der Waals surface area contributed by atoms with Gasteiger partial charge < -0.3 is 14.6 Å². The molecule has 2 aromatic heterocycles. The number of rotatable bonds is 3. The first-order chi connectivity index (χ1) is 13.6. The van der Waals surface area contributed by atoms with Crippen LogP contribution in [0.25, 0.3) is 4.96 Å². The summed E-state index contributed by atoms with van der Waals surface area (Å²) >= 11 is 1.51. The van der Waals surface area contributed by atoms with Crippen LogP contribution in [0.4, 0.5) is 0 Å². The zero-order valence-electron chi connectivity index (χ0n) is 16.1.